The first kappa shape index (κ1) is 16.0. The minimum Gasteiger partial charge on any atom is -0.496 e. The van der Waals surface area contributed by atoms with Crippen molar-refractivity contribution in [2.75, 3.05) is 7.11 Å². The molecule has 128 valence electrons. The third kappa shape index (κ3) is 2.76. The minimum absolute atomic E-state index is 0.0513. The highest BCUT2D eigenvalue weighted by molar-refractivity contribution is 6.35. The highest BCUT2D eigenvalue weighted by Gasteiger charge is 2.27. The standard InChI is InChI=1S/C20H19ClN2O2/c1-25-17-11-3-2-6-14(17)20(24)22-16-10-5-8-13-12-7-4-9-15(21)18(12)23-19(13)16/h2-4,6-7,9,11,16,23H,5,8,10H2,1H3,(H,22,24)/t16-/m0/s1. The number of hydrogen-bond donors (Lipinski definition) is 2. The summed E-state index contributed by atoms with van der Waals surface area (Å²) in [6.45, 7) is 0. The van der Waals surface area contributed by atoms with Gasteiger partial charge in [0.05, 0.1) is 29.3 Å². The number of rotatable bonds is 3. The normalized spacial score (nSPS) is 16.5. The van der Waals surface area contributed by atoms with Gasteiger partial charge in [-0.1, -0.05) is 35.9 Å². The van der Waals surface area contributed by atoms with Crippen LogP contribution in [-0.4, -0.2) is 18.0 Å². The Bertz CT molecular complexity index is 948. The SMILES string of the molecule is COc1ccccc1C(=O)N[C@H]1CCCc2c1[nH]c1c(Cl)cccc21. The number of fused-ring (bicyclic) bond motifs is 3. The monoisotopic (exact) mass is 354 g/mol. The van der Waals surface area contributed by atoms with Gasteiger partial charge in [0.2, 0.25) is 0 Å². The maximum absolute atomic E-state index is 12.8. The van der Waals surface area contributed by atoms with Crippen LogP contribution in [-0.2, 0) is 6.42 Å². The summed E-state index contributed by atoms with van der Waals surface area (Å²) < 4.78 is 5.30. The molecule has 0 fully saturated rings. The predicted octanol–water partition coefficient (Wildman–Crippen LogP) is 4.64. The molecular weight excluding hydrogens is 336 g/mol. The third-order valence-electron chi connectivity index (χ3n) is 4.85. The molecule has 1 aromatic heterocycles. The summed E-state index contributed by atoms with van der Waals surface area (Å²) in [7, 11) is 1.57. The molecule has 5 heteroatoms. The topological polar surface area (TPSA) is 54.1 Å². The number of hydrogen-bond acceptors (Lipinski definition) is 2. The molecular formula is C20H19ClN2O2. The molecule has 1 aliphatic rings. The average Bonchev–Trinajstić information content (AvgIpc) is 3.03. The molecule has 1 aliphatic carbocycles. The number of amides is 1. The fourth-order valence-corrected chi connectivity index (χ4v) is 3.89. The molecule has 0 spiro atoms. The van der Waals surface area contributed by atoms with E-state index in [1.807, 2.05) is 24.3 Å². The van der Waals surface area contributed by atoms with Crippen LogP contribution in [0.15, 0.2) is 42.5 Å². The van der Waals surface area contributed by atoms with Crippen molar-refractivity contribution in [2.24, 2.45) is 0 Å². The van der Waals surface area contributed by atoms with Crippen LogP contribution in [0.4, 0.5) is 0 Å². The lowest BCUT2D eigenvalue weighted by atomic mass is 9.91. The maximum Gasteiger partial charge on any atom is 0.255 e. The highest BCUT2D eigenvalue weighted by atomic mass is 35.5. The van der Waals surface area contributed by atoms with E-state index in [2.05, 4.69) is 16.4 Å². The second-order valence-electron chi connectivity index (χ2n) is 6.30. The lowest BCUT2D eigenvalue weighted by molar-refractivity contribution is 0.0929. The molecule has 1 heterocycles. The number of ether oxygens (including phenoxy) is 1. The summed E-state index contributed by atoms with van der Waals surface area (Å²) in [5, 5.41) is 5.01. The fourth-order valence-electron chi connectivity index (χ4n) is 3.66. The van der Waals surface area contributed by atoms with Crippen molar-refractivity contribution in [1.82, 2.24) is 10.3 Å². The Morgan fingerprint density at radius 2 is 2.08 bits per heavy atom. The highest BCUT2D eigenvalue weighted by Crippen LogP contribution is 2.37. The van der Waals surface area contributed by atoms with E-state index in [0.717, 1.165) is 35.9 Å². The van der Waals surface area contributed by atoms with Gasteiger partial charge in [-0.15, -0.1) is 0 Å². The molecule has 0 unspecified atom stereocenters. The number of carbonyl (C=O) groups excluding carboxylic acids is 1. The van der Waals surface area contributed by atoms with Gasteiger partial charge in [0.1, 0.15) is 5.75 Å². The third-order valence-corrected chi connectivity index (χ3v) is 5.16. The zero-order valence-corrected chi connectivity index (χ0v) is 14.7. The van der Waals surface area contributed by atoms with E-state index in [1.165, 1.54) is 5.56 Å². The van der Waals surface area contributed by atoms with Crippen molar-refractivity contribution in [3.8, 4) is 5.75 Å². The van der Waals surface area contributed by atoms with Crippen LogP contribution >= 0.6 is 11.6 Å². The predicted molar refractivity (Wildman–Crippen MR) is 99.4 cm³/mol. The Balaban J connectivity index is 1.68. The van der Waals surface area contributed by atoms with Gasteiger partial charge in [0.15, 0.2) is 0 Å². The molecule has 1 atom stereocenters. The van der Waals surface area contributed by atoms with Crippen LogP contribution in [0.5, 0.6) is 5.75 Å². The van der Waals surface area contributed by atoms with Gasteiger partial charge in [0, 0.05) is 11.1 Å². The van der Waals surface area contributed by atoms with Crippen LogP contribution in [0.1, 0.15) is 40.5 Å². The largest absolute Gasteiger partial charge is 0.496 e. The smallest absolute Gasteiger partial charge is 0.255 e. The van der Waals surface area contributed by atoms with E-state index in [1.54, 1.807) is 19.2 Å². The van der Waals surface area contributed by atoms with E-state index in [0.29, 0.717) is 16.3 Å². The van der Waals surface area contributed by atoms with Gasteiger partial charge in [-0.3, -0.25) is 4.79 Å². The Hall–Kier alpha value is -2.46. The second-order valence-corrected chi connectivity index (χ2v) is 6.71. The lowest BCUT2D eigenvalue weighted by Crippen LogP contribution is -2.31. The molecule has 0 saturated heterocycles. The zero-order valence-electron chi connectivity index (χ0n) is 13.9. The molecule has 0 saturated carbocycles. The first-order valence-corrected chi connectivity index (χ1v) is 8.79. The van der Waals surface area contributed by atoms with E-state index < -0.39 is 0 Å². The van der Waals surface area contributed by atoms with Crippen LogP contribution in [0.3, 0.4) is 0 Å². The molecule has 2 N–H and O–H groups in total. The van der Waals surface area contributed by atoms with Gasteiger partial charge in [-0.2, -0.15) is 0 Å². The van der Waals surface area contributed by atoms with Gasteiger partial charge in [0.25, 0.3) is 5.91 Å². The number of para-hydroxylation sites is 2. The molecule has 25 heavy (non-hydrogen) atoms. The quantitative estimate of drug-likeness (QED) is 0.720. The zero-order chi connectivity index (χ0) is 17.4. The number of aromatic amines is 1. The molecule has 1 amide bonds. The molecule has 3 aromatic rings. The van der Waals surface area contributed by atoms with Gasteiger partial charge in [-0.25, -0.2) is 0 Å². The second kappa shape index (κ2) is 6.45. The molecule has 0 bridgehead atoms. The van der Waals surface area contributed by atoms with Gasteiger partial charge >= 0.3 is 0 Å². The van der Waals surface area contributed by atoms with Gasteiger partial charge in [-0.05, 0) is 43.0 Å². The first-order valence-electron chi connectivity index (χ1n) is 8.42. The molecule has 4 nitrogen and oxygen atoms in total. The summed E-state index contributed by atoms with van der Waals surface area (Å²) in [5.41, 5.74) is 3.82. The number of benzene rings is 2. The molecule has 2 aromatic carbocycles. The maximum atomic E-state index is 12.8. The Morgan fingerprint density at radius 1 is 1.24 bits per heavy atom. The first-order chi connectivity index (χ1) is 12.2. The van der Waals surface area contributed by atoms with E-state index >= 15 is 0 Å². The van der Waals surface area contributed by atoms with Crippen molar-refractivity contribution < 1.29 is 9.53 Å². The Kier molecular flexibility index (Phi) is 4.14. The number of halogens is 1. The number of aromatic nitrogens is 1. The van der Waals surface area contributed by atoms with Crippen LogP contribution in [0.2, 0.25) is 5.02 Å². The fraction of sp³-hybridized carbons (Fsp3) is 0.250. The molecule has 0 aliphatic heterocycles. The number of carbonyl (C=O) groups is 1. The summed E-state index contributed by atoms with van der Waals surface area (Å²) in [6.07, 6.45) is 2.93. The van der Waals surface area contributed by atoms with Crippen molar-refractivity contribution in [2.45, 2.75) is 25.3 Å². The van der Waals surface area contributed by atoms with Crippen molar-refractivity contribution >= 4 is 28.4 Å². The number of H-pyrrole nitrogens is 1. The number of aryl methyl sites for hydroxylation is 1. The van der Waals surface area contributed by atoms with Crippen LogP contribution in [0, 0.1) is 0 Å². The number of methoxy groups -OCH3 is 1. The van der Waals surface area contributed by atoms with E-state index in [-0.39, 0.29) is 11.9 Å². The van der Waals surface area contributed by atoms with E-state index in [9.17, 15) is 4.79 Å². The van der Waals surface area contributed by atoms with Gasteiger partial charge < -0.3 is 15.0 Å². The van der Waals surface area contributed by atoms with E-state index in [4.69, 9.17) is 16.3 Å². The summed E-state index contributed by atoms with van der Waals surface area (Å²) >= 11 is 6.33. The van der Waals surface area contributed by atoms with Crippen molar-refractivity contribution in [3.63, 3.8) is 0 Å². The average molecular weight is 355 g/mol. The van der Waals surface area contributed by atoms with Crippen LogP contribution in [0.25, 0.3) is 10.9 Å². The summed E-state index contributed by atoms with van der Waals surface area (Å²) in [4.78, 5) is 16.2. The Labute approximate surface area is 151 Å². The van der Waals surface area contributed by atoms with Crippen molar-refractivity contribution in [3.05, 3.63) is 64.3 Å². The van der Waals surface area contributed by atoms with Crippen LogP contribution < -0.4 is 10.1 Å². The summed E-state index contributed by atoms with van der Waals surface area (Å²) in [5.74, 6) is 0.454. The minimum atomic E-state index is -0.125. The lowest BCUT2D eigenvalue weighted by Gasteiger charge is -2.24. The molecule has 4 rings (SSSR count). The summed E-state index contributed by atoms with van der Waals surface area (Å²) in [6, 6.07) is 13.2. The molecule has 0 radical (unpaired) electrons. The Morgan fingerprint density at radius 3 is 2.92 bits per heavy atom. The van der Waals surface area contributed by atoms with Crippen molar-refractivity contribution in [1.29, 1.82) is 0 Å². The number of nitrogens with one attached hydrogen (secondary N) is 2.